The normalized spacial score (nSPS) is 11.5. The first-order valence-electron chi connectivity index (χ1n) is 8.54. The zero-order valence-electron chi connectivity index (χ0n) is 15.9. The molecule has 3 rings (SSSR count). The number of nitrogens with one attached hydrogen (secondary N) is 1. The van der Waals surface area contributed by atoms with Crippen LogP contribution >= 0.6 is 23.2 Å². The molecular formula is C19H17Cl2N3O5S. The van der Waals surface area contributed by atoms with Crippen LogP contribution in [0.25, 0.3) is 10.9 Å². The SMILES string of the molecule is CN(C)C(=O)c1cc2cc(N(CC(=O)O)S(=O)(=O)c3cc(Cl)cc(Cl)c3)ccc2[nH]1. The molecule has 158 valence electrons. The summed E-state index contributed by atoms with van der Waals surface area (Å²) in [5.74, 6) is -1.60. The van der Waals surface area contributed by atoms with Gasteiger partial charge < -0.3 is 15.0 Å². The Bertz CT molecular complexity index is 1230. The van der Waals surface area contributed by atoms with Crippen LogP contribution < -0.4 is 4.31 Å². The molecule has 0 atom stereocenters. The fourth-order valence-electron chi connectivity index (χ4n) is 2.87. The minimum atomic E-state index is -4.29. The summed E-state index contributed by atoms with van der Waals surface area (Å²) in [6.45, 7) is -0.814. The number of aliphatic carboxylic acids is 1. The van der Waals surface area contributed by atoms with Gasteiger partial charge in [0.05, 0.1) is 10.6 Å². The van der Waals surface area contributed by atoms with E-state index in [1.165, 1.54) is 35.2 Å². The molecule has 1 amide bonds. The summed E-state index contributed by atoms with van der Waals surface area (Å²) < 4.78 is 27.1. The van der Waals surface area contributed by atoms with Crippen molar-refractivity contribution in [3.05, 3.63) is 58.2 Å². The highest BCUT2D eigenvalue weighted by molar-refractivity contribution is 7.92. The second kappa shape index (κ2) is 8.17. The van der Waals surface area contributed by atoms with Crippen molar-refractivity contribution < 1.29 is 23.1 Å². The Kier molecular flexibility index (Phi) is 5.98. The summed E-state index contributed by atoms with van der Waals surface area (Å²) in [4.78, 5) is 27.7. The van der Waals surface area contributed by atoms with Crippen molar-refractivity contribution in [3.8, 4) is 0 Å². The number of aromatic nitrogens is 1. The fourth-order valence-corrected chi connectivity index (χ4v) is 5.01. The van der Waals surface area contributed by atoms with Gasteiger partial charge in [-0.25, -0.2) is 8.42 Å². The number of amides is 1. The lowest BCUT2D eigenvalue weighted by Crippen LogP contribution is -2.35. The Hall–Kier alpha value is -2.75. The first-order chi connectivity index (χ1) is 14.0. The first kappa shape index (κ1) is 21.9. The van der Waals surface area contributed by atoms with Gasteiger partial charge in [-0.15, -0.1) is 0 Å². The minimum absolute atomic E-state index is 0.101. The van der Waals surface area contributed by atoms with E-state index >= 15 is 0 Å². The van der Waals surface area contributed by atoms with Gasteiger partial charge in [-0.05, 0) is 42.5 Å². The van der Waals surface area contributed by atoms with Crippen LogP contribution in [0.5, 0.6) is 0 Å². The summed E-state index contributed by atoms with van der Waals surface area (Å²) in [6.07, 6.45) is 0. The van der Waals surface area contributed by atoms with Crippen LogP contribution in [0.2, 0.25) is 10.0 Å². The van der Waals surface area contributed by atoms with Gasteiger partial charge in [0.25, 0.3) is 15.9 Å². The second-order valence-corrected chi connectivity index (χ2v) is 9.40. The Morgan fingerprint density at radius 1 is 1.03 bits per heavy atom. The third-order valence-electron chi connectivity index (χ3n) is 4.23. The Balaban J connectivity index is 2.12. The predicted octanol–water partition coefficient (Wildman–Crippen LogP) is 3.46. The molecule has 30 heavy (non-hydrogen) atoms. The maximum atomic E-state index is 13.2. The van der Waals surface area contributed by atoms with Crippen LogP contribution in [0, 0.1) is 0 Å². The Morgan fingerprint density at radius 2 is 1.67 bits per heavy atom. The van der Waals surface area contributed by atoms with Crippen molar-refractivity contribution >= 4 is 61.7 Å². The largest absolute Gasteiger partial charge is 0.480 e. The van der Waals surface area contributed by atoms with Crippen LogP contribution in [0.3, 0.4) is 0 Å². The number of hydrogen-bond donors (Lipinski definition) is 2. The van der Waals surface area contributed by atoms with Crippen molar-refractivity contribution in [2.45, 2.75) is 4.90 Å². The number of sulfonamides is 1. The second-order valence-electron chi connectivity index (χ2n) is 6.66. The van der Waals surface area contributed by atoms with Crippen molar-refractivity contribution in [1.29, 1.82) is 0 Å². The third kappa shape index (κ3) is 4.38. The van der Waals surface area contributed by atoms with Crippen molar-refractivity contribution in [1.82, 2.24) is 9.88 Å². The standard InChI is InChI=1S/C19H17Cl2N3O5S/c1-23(2)19(27)17-6-11-5-14(3-4-16(11)22-17)24(10-18(25)26)30(28,29)15-8-12(20)7-13(21)9-15/h3-9,22H,10H2,1-2H3,(H,25,26). The van der Waals surface area contributed by atoms with Crippen LogP contribution in [-0.2, 0) is 14.8 Å². The van der Waals surface area contributed by atoms with Crippen LogP contribution in [-0.4, -0.2) is 55.9 Å². The molecule has 0 spiro atoms. The number of rotatable bonds is 6. The van der Waals surface area contributed by atoms with Gasteiger partial charge in [0, 0.05) is 35.0 Å². The number of carbonyl (C=O) groups is 2. The highest BCUT2D eigenvalue weighted by Gasteiger charge is 2.28. The molecule has 0 unspecified atom stereocenters. The molecule has 0 radical (unpaired) electrons. The van der Waals surface area contributed by atoms with E-state index in [2.05, 4.69) is 4.98 Å². The first-order valence-corrected chi connectivity index (χ1v) is 10.7. The molecule has 3 aromatic rings. The lowest BCUT2D eigenvalue weighted by Gasteiger charge is -2.23. The molecule has 1 heterocycles. The van der Waals surface area contributed by atoms with Gasteiger partial charge >= 0.3 is 5.97 Å². The van der Waals surface area contributed by atoms with Crippen LogP contribution in [0.1, 0.15) is 10.5 Å². The molecule has 2 N–H and O–H groups in total. The summed E-state index contributed by atoms with van der Waals surface area (Å²) in [7, 11) is -1.07. The molecule has 1 aromatic heterocycles. The number of halogens is 2. The van der Waals surface area contributed by atoms with Crippen LogP contribution in [0.4, 0.5) is 5.69 Å². The molecule has 0 bridgehead atoms. The average molecular weight is 470 g/mol. The monoisotopic (exact) mass is 469 g/mol. The van der Waals surface area contributed by atoms with Gasteiger partial charge in [-0.3, -0.25) is 13.9 Å². The van der Waals surface area contributed by atoms with Gasteiger partial charge in [-0.2, -0.15) is 0 Å². The van der Waals surface area contributed by atoms with Gasteiger partial charge in [0.2, 0.25) is 0 Å². The fraction of sp³-hybridized carbons (Fsp3) is 0.158. The summed E-state index contributed by atoms with van der Waals surface area (Å²) in [6, 6.07) is 9.86. The van der Waals surface area contributed by atoms with Crippen LogP contribution in [0.15, 0.2) is 47.4 Å². The van der Waals surface area contributed by atoms with Crippen molar-refractivity contribution in [3.63, 3.8) is 0 Å². The molecule has 11 heteroatoms. The van der Waals surface area contributed by atoms with E-state index in [9.17, 15) is 23.1 Å². The predicted molar refractivity (Wildman–Crippen MR) is 115 cm³/mol. The summed E-state index contributed by atoms with van der Waals surface area (Å²) in [5, 5.41) is 10.1. The van der Waals surface area contributed by atoms with E-state index in [0.717, 1.165) is 4.31 Å². The molecule has 0 aliphatic rings. The molecule has 0 fully saturated rings. The average Bonchev–Trinajstić information content (AvgIpc) is 3.07. The molecule has 0 saturated carbocycles. The number of nitrogens with zero attached hydrogens (tertiary/aromatic N) is 2. The number of hydrogen-bond acceptors (Lipinski definition) is 4. The Morgan fingerprint density at radius 3 is 2.23 bits per heavy atom. The zero-order valence-corrected chi connectivity index (χ0v) is 18.2. The van der Waals surface area contributed by atoms with E-state index in [4.69, 9.17) is 23.2 Å². The quantitative estimate of drug-likeness (QED) is 0.574. The van der Waals surface area contributed by atoms with E-state index < -0.39 is 22.5 Å². The number of carboxylic acid groups (broad SMARTS) is 1. The van der Waals surface area contributed by atoms with Crippen molar-refractivity contribution in [2.24, 2.45) is 0 Å². The number of carboxylic acids is 1. The number of H-pyrrole nitrogens is 1. The summed E-state index contributed by atoms with van der Waals surface area (Å²) >= 11 is 11.8. The van der Waals surface area contributed by atoms with Gasteiger partial charge in [-0.1, -0.05) is 23.2 Å². The van der Waals surface area contributed by atoms with Crippen molar-refractivity contribution in [2.75, 3.05) is 24.9 Å². The third-order valence-corrected chi connectivity index (χ3v) is 6.42. The molecule has 0 aliphatic carbocycles. The Labute approximate surface area is 182 Å². The topological polar surface area (TPSA) is 111 Å². The molecule has 0 saturated heterocycles. The molecular weight excluding hydrogens is 453 g/mol. The number of aromatic amines is 1. The molecule has 2 aromatic carbocycles. The molecule has 8 nitrogen and oxygen atoms in total. The zero-order chi connectivity index (χ0) is 22.2. The van der Waals surface area contributed by atoms with E-state index in [1.807, 2.05) is 0 Å². The van der Waals surface area contributed by atoms with E-state index in [0.29, 0.717) is 16.6 Å². The maximum Gasteiger partial charge on any atom is 0.324 e. The maximum absolute atomic E-state index is 13.2. The van der Waals surface area contributed by atoms with E-state index in [1.54, 1.807) is 26.2 Å². The summed E-state index contributed by atoms with van der Waals surface area (Å²) in [5.41, 5.74) is 1.03. The molecule has 0 aliphatic heterocycles. The number of carbonyl (C=O) groups excluding carboxylic acids is 1. The van der Waals surface area contributed by atoms with Gasteiger partial charge in [0.15, 0.2) is 0 Å². The van der Waals surface area contributed by atoms with Gasteiger partial charge in [0.1, 0.15) is 12.2 Å². The lowest BCUT2D eigenvalue weighted by molar-refractivity contribution is -0.135. The van der Waals surface area contributed by atoms with E-state index in [-0.39, 0.29) is 26.5 Å². The highest BCUT2D eigenvalue weighted by Crippen LogP contribution is 2.30. The lowest BCUT2D eigenvalue weighted by atomic mass is 10.2. The number of fused-ring (bicyclic) bond motifs is 1. The minimum Gasteiger partial charge on any atom is -0.480 e. The number of anilines is 1. The number of benzene rings is 2. The highest BCUT2D eigenvalue weighted by atomic mass is 35.5. The smallest absolute Gasteiger partial charge is 0.324 e.